The maximum Gasteiger partial charge on any atom is 0.119 e. The number of unbranched alkanes of at least 4 members (excludes halogenated alkanes) is 11. The van der Waals surface area contributed by atoms with Crippen molar-refractivity contribution in [3.05, 3.63) is 29.8 Å². The van der Waals surface area contributed by atoms with Crippen LogP contribution in [-0.2, 0) is 6.42 Å². The topological polar surface area (TPSA) is 36.3 Å². The van der Waals surface area contributed by atoms with Crippen molar-refractivity contribution < 1.29 is 4.74 Å². The molecule has 3 nitrogen and oxygen atoms in total. The number of likely N-dealkylation sites (N-methyl/N-ethyl adjacent to an activating group) is 1. The maximum atomic E-state index is 7.89. The largest absolute Gasteiger partial charge is 0.494 e. The van der Waals surface area contributed by atoms with E-state index in [4.69, 9.17) is 10.1 Å². The molecule has 0 unspecified atom stereocenters. The number of hydrogen-bond donors (Lipinski definition) is 1. The van der Waals surface area contributed by atoms with Crippen molar-refractivity contribution in [2.75, 3.05) is 20.7 Å². The first-order valence-corrected chi connectivity index (χ1v) is 11.1. The first-order valence-electron chi connectivity index (χ1n) is 11.1. The molecule has 1 aromatic carbocycles. The lowest BCUT2D eigenvalue weighted by atomic mass is 10.1. The van der Waals surface area contributed by atoms with Crippen LogP contribution in [-0.4, -0.2) is 31.4 Å². The third-order valence-corrected chi connectivity index (χ3v) is 5.10. The first kappa shape index (κ1) is 26.8. The van der Waals surface area contributed by atoms with Gasteiger partial charge in [0.15, 0.2) is 0 Å². The fourth-order valence-electron chi connectivity index (χ4n) is 3.19. The maximum absolute atomic E-state index is 7.89. The van der Waals surface area contributed by atoms with Gasteiger partial charge in [0.2, 0.25) is 0 Å². The van der Waals surface area contributed by atoms with Crippen molar-refractivity contribution in [3.63, 3.8) is 0 Å². The predicted octanol–water partition coefficient (Wildman–Crippen LogP) is 7.27. The van der Waals surface area contributed by atoms with Crippen molar-refractivity contribution >= 4 is 18.2 Å². The average Bonchev–Trinajstić information content (AvgIpc) is 2.66. The highest BCUT2D eigenvalue weighted by Gasteiger charge is 2.02. The Bertz CT molecular complexity index is 488. The number of rotatable bonds is 16. The number of ether oxygens (including phenoxy) is 1. The second-order valence-corrected chi connectivity index (χ2v) is 7.90. The van der Waals surface area contributed by atoms with Gasteiger partial charge in [-0.3, -0.25) is 5.41 Å². The van der Waals surface area contributed by atoms with Gasteiger partial charge in [0.1, 0.15) is 5.75 Å². The van der Waals surface area contributed by atoms with E-state index in [0.29, 0.717) is 12.3 Å². The molecule has 1 aromatic rings. The lowest BCUT2D eigenvalue weighted by Gasteiger charge is -2.13. The Hall–Kier alpha value is -1.22. The van der Waals surface area contributed by atoms with Gasteiger partial charge >= 0.3 is 0 Å². The number of amidine groups is 1. The van der Waals surface area contributed by atoms with Gasteiger partial charge in [0.05, 0.1) is 12.4 Å². The number of nitrogens with zero attached hydrogens (tertiary/aromatic N) is 1. The van der Waals surface area contributed by atoms with Gasteiger partial charge in [-0.25, -0.2) is 0 Å². The summed E-state index contributed by atoms with van der Waals surface area (Å²) >= 11 is 0. The van der Waals surface area contributed by atoms with E-state index < -0.39 is 0 Å². The molecule has 0 fully saturated rings. The summed E-state index contributed by atoms with van der Waals surface area (Å²) in [6.07, 6.45) is 17.1. The molecule has 1 rings (SSSR count). The SMILES string of the molecule is CCCCCCCCCCCCCCOc1ccc(CC(=N)N(C)C)cc1.Cl. The van der Waals surface area contributed by atoms with Gasteiger partial charge in [0, 0.05) is 20.5 Å². The molecular weight excluding hydrogens is 368 g/mol. The molecule has 0 spiro atoms. The Kier molecular flexibility index (Phi) is 17.1. The predicted molar refractivity (Wildman–Crippen MR) is 125 cm³/mol. The summed E-state index contributed by atoms with van der Waals surface area (Å²) < 4.78 is 5.84. The molecule has 0 saturated heterocycles. The molecule has 1 N–H and O–H groups in total. The summed E-state index contributed by atoms with van der Waals surface area (Å²) in [5, 5.41) is 7.89. The zero-order chi connectivity index (χ0) is 19.7. The monoisotopic (exact) mass is 410 g/mol. The molecule has 0 heterocycles. The molecule has 28 heavy (non-hydrogen) atoms. The summed E-state index contributed by atoms with van der Waals surface area (Å²) in [5.74, 6) is 1.57. The highest BCUT2D eigenvalue weighted by atomic mass is 35.5. The van der Waals surface area contributed by atoms with Crippen LogP contribution in [0.1, 0.15) is 89.5 Å². The van der Waals surface area contributed by atoms with Gasteiger partial charge in [-0.05, 0) is 24.1 Å². The van der Waals surface area contributed by atoms with Crippen LogP contribution in [0.3, 0.4) is 0 Å². The Morgan fingerprint density at radius 1 is 0.786 bits per heavy atom. The molecule has 4 heteroatoms. The van der Waals surface area contributed by atoms with E-state index in [1.807, 2.05) is 31.1 Å². The average molecular weight is 411 g/mol. The molecule has 0 aromatic heterocycles. The van der Waals surface area contributed by atoms with E-state index in [1.54, 1.807) is 0 Å². The summed E-state index contributed by atoms with van der Waals surface area (Å²) in [7, 11) is 3.82. The van der Waals surface area contributed by atoms with Crippen molar-refractivity contribution in [1.29, 1.82) is 5.41 Å². The molecule has 0 bridgehead atoms. The third kappa shape index (κ3) is 13.9. The highest BCUT2D eigenvalue weighted by molar-refractivity contribution is 5.85. The second-order valence-electron chi connectivity index (χ2n) is 7.90. The molecule has 0 amide bonds. The molecule has 0 atom stereocenters. The zero-order valence-electron chi connectivity index (χ0n) is 18.5. The van der Waals surface area contributed by atoms with Gasteiger partial charge in [0.25, 0.3) is 0 Å². The van der Waals surface area contributed by atoms with E-state index in [-0.39, 0.29) is 12.4 Å². The Balaban J connectivity index is 0.00000729. The van der Waals surface area contributed by atoms with E-state index in [0.717, 1.165) is 24.3 Å². The highest BCUT2D eigenvalue weighted by Crippen LogP contribution is 2.15. The van der Waals surface area contributed by atoms with Crippen molar-refractivity contribution in [2.24, 2.45) is 0 Å². The van der Waals surface area contributed by atoms with Crippen LogP contribution in [0.5, 0.6) is 5.75 Å². The molecule has 0 radical (unpaired) electrons. The van der Waals surface area contributed by atoms with Crippen molar-refractivity contribution in [1.82, 2.24) is 4.90 Å². The van der Waals surface area contributed by atoms with Crippen LogP contribution in [0.25, 0.3) is 0 Å². The van der Waals surface area contributed by atoms with Crippen LogP contribution < -0.4 is 4.74 Å². The van der Waals surface area contributed by atoms with Crippen LogP contribution in [0.15, 0.2) is 24.3 Å². The molecule has 0 aliphatic heterocycles. The summed E-state index contributed by atoms with van der Waals surface area (Å²) in [4.78, 5) is 1.85. The van der Waals surface area contributed by atoms with Crippen LogP contribution in [0.4, 0.5) is 0 Å². The van der Waals surface area contributed by atoms with Gasteiger partial charge in [-0.2, -0.15) is 0 Å². The Morgan fingerprint density at radius 3 is 1.71 bits per heavy atom. The second kappa shape index (κ2) is 17.8. The van der Waals surface area contributed by atoms with Gasteiger partial charge < -0.3 is 9.64 Å². The summed E-state index contributed by atoms with van der Waals surface area (Å²) in [6.45, 7) is 3.09. The Labute approximate surface area is 180 Å². The number of benzene rings is 1. The minimum absolute atomic E-state index is 0. The molecule has 162 valence electrons. The van der Waals surface area contributed by atoms with E-state index in [2.05, 4.69) is 19.1 Å². The molecule has 0 aliphatic rings. The third-order valence-electron chi connectivity index (χ3n) is 5.10. The van der Waals surface area contributed by atoms with E-state index in [1.165, 1.54) is 70.6 Å². The fraction of sp³-hybridized carbons (Fsp3) is 0.708. The summed E-state index contributed by atoms with van der Waals surface area (Å²) in [6, 6.07) is 8.18. The molecule has 0 aliphatic carbocycles. The van der Waals surface area contributed by atoms with Crippen LogP contribution in [0.2, 0.25) is 0 Å². The molecular formula is C24H43ClN2O. The number of nitrogens with one attached hydrogen (secondary N) is 1. The fourth-order valence-corrected chi connectivity index (χ4v) is 3.19. The smallest absolute Gasteiger partial charge is 0.119 e. The lowest BCUT2D eigenvalue weighted by Crippen LogP contribution is -2.22. The first-order chi connectivity index (χ1) is 13.1. The van der Waals surface area contributed by atoms with Crippen LogP contribution >= 0.6 is 12.4 Å². The normalized spacial score (nSPS) is 10.4. The summed E-state index contributed by atoms with van der Waals surface area (Å²) in [5.41, 5.74) is 1.16. The van der Waals surface area contributed by atoms with Gasteiger partial charge in [-0.1, -0.05) is 89.7 Å². The van der Waals surface area contributed by atoms with Crippen LogP contribution in [0, 0.1) is 5.41 Å². The van der Waals surface area contributed by atoms with Crippen molar-refractivity contribution in [3.8, 4) is 5.75 Å². The quantitative estimate of drug-likeness (QED) is 0.177. The number of hydrogen-bond acceptors (Lipinski definition) is 2. The van der Waals surface area contributed by atoms with Crippen molar-refractivity contribution in [2.45, 2.75) is 90.4 Å². The Morgan fingerprint density at radius 2 is 1.25 bits per heavy atom. The minimum Gasteiger partial charge on any atom is -0.494 e. The number of halogens is 1. The van der Waals surface area contributed by atoms with Gasteiger partial charge in [-0.15, -0.1) is 12.4 Å². The lowest BCUT2D eigenvalue weighted by molar-refractivity contribution is 0.304. The molecule has 0 saturated carbocycles. The standard InChI is InChI=1S/C24H42N2O.ClH/c1-4-5-6-7-8-9-10-11-12-13-14-15-20-27-23-18-16-22(17-19-23)21-24(25)26(2)3;/h16-19,25H,4-15,20-21H2,1-3H3;1H. The van der Waals surface area contributed by atoms with E-state index in [9.17, 15) is 0 Å². The zero-order valence-corrected chi connectivity index (χ0v) is 19.3. The van der Waals surface area contributed by atoms with E-state index >= 15 is 0 Å². The minimum atomic E-state index is 0.